The molecule has 3 rings (SSSR count). The van der Waals surface area contributed by atoms with Crippen molar-refractivity contribution in [2.24, 2.45) is 0 Å². The standard InChI is InChI=1S/C16H13N2.Ir/c1-3-7-14(8-4-1)13-16-11-12-17-18(16)15-9-5-2-6-10-15;/h1-9,11-12H,13H2;/q-1;. The minimum atomic E-state index is 0. The van der Waals surface area contributed by atoms with Crippen molar-refractivity contribution in [2.45, 2.75) is 6.42 Å². The van der Waals surface area contributed by atoms with Gasteiger partial charge >= 0.3 is 0 Å². The Kier molecular flexibility index (Phi) is 4.67. The van der Waals surface area contributed by atoms with Crippen LogP contribution < -0.4 is 0 Å². The normalized spacial score (nSPS) is 9.89. The predicted octanol–water partition coefficient (Wildman–Crippen LogP) is 3.26. The summed E-state index contributed by atoms with van der Waals surface area (Å²) in [6.07, 6.45) is 2.71. The van der Waals surface area contributed by atoms with Crippen LogP contribution in [0.2, 0.25) is 0 Å². The molecular formula is C16H13IrN2-. The molecule has 1 radical (unpaired) electrons. The molecule has 0 atom stereocenters. The number of hydrogen-bond donors (Lipinski definition) is 0. The Morgan fingerprint density at radius 1 is 0.947 bits per heavy atom. The number of para-hydroxylation sites is 1. The zero-order chi connectivity index (χ0) is 12.2. The summed E-state index contributed by atoms with van der Waals surface area (Å²) >= 11 is 0. The second kappa shape index (κ2) is 6.46. The molecule has 0 N–H and O–H groups in total. The van der Waals surface area contributed by atoms with Gasteiger partial charge in [0.05, 0.1) is 0 Å². The van der Waals surface area contributed by atoms with Crippen LogP contribution in [0.3, 0.4) is 0 Å². The Balaban J connectivity index is 0.00000133. The van der Waals surface area contributed by atoms with Gasteiger partial charge in [-0.15, -0.1) is 6.07 Å². The smallest absolute Gasteiger partial charge is 0.0496 e. The fraction of sp³-hybridized carbons (Fsp3) is 0.0625. The van der Waals surface area contributed by atoms with E-state index in [-0.39, 0.29) is 20.1 Å². The first kappa shape index (κ1) is 13.7. The average Bonchev–Trinajstić information content (AvgIpc) is 2.89. The van der Waals surface area contributed by atoms with E-state index in [1.54, 1.807) is 0 Å². The summed E-state index contributed by atoms with van der Waals surface area (Å²) in [5.41, 5.74) is 3.44. The SMILES string of the molecule is [Ir].[c-]1ccccc1-n1nccc1Cc1ccccc1. The molecule has 3 aromatic rings. The molecule has 0 unspecified atom stereocenters. The van der Waals surface area contributed by atoms with Gasteiger partial charge in [0.25, 0.3) is 0 Å². The van der Waals surface area contributed by atoms with E-state index in [4.69, 9.17) is 0 Å². The van der Waals surface area contributed by atoms with Gasteiger partial charge in [-0.2, -0.15) is 29.4 Å². The molecule has 0 aliphatic heterocycles. The molecule has 0 saturated heterocycles. The summed E-state index contributed by atoms with van der Waals surface area (Å²) in [6.45, 7) is 0. The third kappa shape index (κ3) is 3.19. The summed E-state index contributed by atoms with van der Waals surface area (Å²) in [4.78, 5) is 0. The topological polar surface area (TPSA) is 17.8 Å². The van der Waals surface area contributed by atoms with E-state index in [0.29, 0.717) is 0 Å². The van der Waals surface area contributed by atoms with Crippen molar-refractivity contribution in [1.82, 2.24) is 9.78 Å². The van der Waals surface area contributed by atoms with E-state index in [9.17, 15) is 0 Å². The minimum Gasteiger partial charge on any atom is -0.262 e. The van der Waals surface area contributed by atoms with Gasteiger partial charge in [0, 0.05) is 38.4 Å². The van der Waals surface area contributed by atoms with Crippen molar-refractivity contribution in [2.75, 3.05) is 0 Å². The molecule has 0 saturated carbocycles. The summed E-state index contributed by atoms with van der Waals surface area (Å²) in [5, 5.41) is 4.37. The molecule has 19 heavy (non-hydrogen) atoms. The minimum absolute atomic E-state index is 0. The van der Waals surface area contributed by atoms with Gasteiger partial charge in [-0.05, 0) is 17.3 Å². The van der Waals surface area contributed by atoms with Crippen LogP contribution in [0.5, 0.6) is 0 Å². The summed E-state index contributed by atoms with van der Waals surface area (Å²) in [6, 6.07) is 23.5. The van der Waals surface area contributed by atoms with Crippen molar-refractivity contribution in [1.29, 1.82) is 0 Å². The van der Waals surface area contributed by atoms with Crippen LogP contribution in [-0.2, 0) is 26.5 Å². The second-order valence-electron chi connectivity index (χ2n) is 4.14. The Hall–Kier alpha value is -1.70. The van der Waals surface area contributed by atoms with Gasteiger partial charge in [-0.3, -0.25) is 4.68 Å². The number of rotatable bonds is 3. The predicted molar refractivity (Wildman–Crippen MR) is 71.6 cm³/mol. The van der Waals surface area contributed by atoms with Crippen LogP contribution in [0.15, 0.2) is 66.9 Å². The summed E-state index contributed by atoms with van der Waals surface area (Å²) in [5.74, 6) is 0. The van der Waals surface area contributed by atoms with Gasteiger partial charge < -0.3 is 0 Å². The molecule has 1 aromatic heterocycles. The molecule has 0 aliphatic rings. The van der Waals surface area contributed by atoms with Crippen LogP contribution in [0.1, 0.15) is 11.3 Å². The van der Waals surface area contributed by atoms with Crippen LogP contribution >= 0.6 is 0 Å². The van der Waals surface area contributed by atoms with Crippen molar-refractivity contribution >= 4 is 0 Å². The molecule has 97 valence electrons. The molecule has 2 aromatic carbocycles. The van der Waals surface area contributed by atoms with E-state index in [2.05, 4.69) is 35.4 Å². The van der Waals surface area contributed by atoms with Crippen molar-refractivity contribution in [3.63, 3.8) is 0 Å². The van der Waals surface area contributed by atoms with Gasteiger partial charge in [0.15, 0.2) is 0 Å². The van der Waals surface area contributed by atoms with Gasteiger partial charge in [-0.1, -0.05) is 30.3 Å². The molecule has 0 amide bonds. The average molecular weight is 426 g/mol. The maximum Gasteiger partial charge on any atom is 0.0496 e. The fourth-order valence-corrected chi connectivity index (χ4v) is 2.00. The van der Waals surface area contributed by atoms with Gasteiger partial charge in [0.1, 0.15) is 0 Å². The quantitative estimate of drug-likeness (QED) is 0.589. The molecule has 3 heteroatoms. The van der Waals surface area contributed by atoms with Gasteiger partial charge in [-0.25, -0.2) is 0 Å². The Morgan fingerprint density at radius 3 is 2.47 bits per heavy atom. The Labute approximate surface area is 126 Å². The number of hydrogen-bond acceptors (Lipinski definition) is 1. The third-order valence-corrected chi connectivity index (χ3v) is 2.87. The van der Waals surface area contributed by atoms with Crippen molar-refractivity contribution in [3.8, 4) is 5.69 Å². The number of nitrogens with zero attached hydrogens (tertiary/aromatic N) is 2. The number of benzene rings is 2. The molecule has 0 aliphatic carbocycles. The molecule has 0 fully saturated rings. The van der Waals surface area contributed by atoms with E-state index >= 15 is 0 Å². The Bertz CT molecular complexity index is 618. The first-order valence-electron chi connectivity index (χ1n) is 5.97. The van der Waals surface area contributed by atoms with E-state index in [1.165, 1.54) is 11.3 Å². The maximum absolute atomic E-state index is 4.37. The first-order chi connectivity index (χ1) is 8.93. The Morgan fingerprint density at radius 2 is 1.74 bits per heavy atom. The fourth-order valence-electron chi connectivity index (χ4n) is 2.00. The van der Waals surface area contributed by atoms with Crippen LogP contribution in [0.4, 0.5) is 0 Å². The molecule has 2 nitrogen and oxygen atoms in total. The monoisotopic (exact) mass is 426 g/mol. The largest absolute Gasteiger partial charge is 0.262 e. The maximum atomic E-state index is 4.37. The molecule has 0 spiro atoms. The zero-order valence-corrected chi connectivity index (χ0v) is 12.7. The first-order valence-corrected chi connectivity index (χ1v) is 5.97. The zero-order valence-electron chi connectivity index (χ0n) is 10.3. The van der Waals surface area contributed by atoms with Crippen LogP contribution in [0.25, 0.3) is 5.69 Å². The van der Waals surface area contributed by atoms with Crippen molar-refractivity contribution in [3.05, 3.63) is 84.2 Å². The molecular weight excluding hydrogens is 412 g/mol. The van der Waals surface area contributed by atoms with Crippen molar-refractivity contribution < 1.29 is 20.1 Å². The second-order valence-corrected chi connectivity index (χ2v) is 4.14. The number of aromatic nitrogens is 2. The molecule has 0 bridgehead atoms. The summed E-state index contributed by atoms with van der Waals surface area (Å²) < 4.78 is 1.94. The van der Waals surface area contributed by atoms with E-state index in [0.717, 1.165) is 12.1 Å². The molecule has 1 heterocycles. The summed E-state index contributed by atoms with van der Waals surface area (Å²) in [7, 11) is 0. The van der Waals surface area contributed by atoms with Crippen LogP contribution in [0, 0.1) is 6.07 Å². The third-order valence-electron chi connectivity index (χ3n) is 2.87. The van der Waals surface area contributed by atoms with Gasteiger partial charge in [0.2, 0.25) is 0 Å². The van der Waals surface area contributed by atoms with E-state index < -0.39 is 0 Å². The van der Waals surface area contributed by atoms with Crippen LogP contribution in [-0.4, -0.2) is 9.78 Å². The van der Waals surface area contributed by atoms with E-state index in [1.807, 2.05) is 47.3 Å².